The summed E-state index contributed by atoms with van der Waals surface area (Å²) in [6.45, 7) is 15.2. The molecule has 1 aliphatic heterocycles. The predicted octanol–water partition coefficient (Wildman–Crippen LogP) is 3.77. The number of hydrogen-bond acceptors (Lipinski definition) is 4. The van der Waals surface area contributed by atoms with Gasteiger partial charge in [0.05, 0.1) is 12.2 Å². The average Bonchev–Trinajstić information content (AvgIpc) is 2.82. The van der Waals surface area contributed by atoms with Gasteiger partial charge >= 0.3 is 5.69 Å². The van der Waals surface area contributed by atoms with Crippen LogP contribution in [0, 0.1) is 5.92 Å². The maximum atomic E-state index is 12.5. The van der Waals surface area contributed by atoms with Crippen LogP contribution in [-0.4, -0.2) is 30.1 Å². The number of hydrogen-bond donors (Lipinski definition) is 1. The molecule has 1 unspecified atom stereocenters. The van der Waals surface area contributed by atoms with Gasteiger partial charge < -0.3 is 9.16 Å². The van der Waals surface area contributed by atoms with Gasteiger partial charge in [-0.25, -0.2) is 4.79 Å². The van der Waals surface area contributed by atoms with Crippen LogP contribution in [0.25, 0.3) is 0 Å². The zero-order valence-electron chi connectivity index (χ0n) is 16.8. The first-order valence-electron chi connectivity index (χ1n) is 9.16. The van der Waals surface area contributed by atoms with Gasteiger partial charge in [-0.05, 0) is 24.6 Å². The molecule has 0 aromatic carbocycles. The van der Waals surface area contributed by atoms with Crippen LogP contribution in [0.3, 0.4) is 0 Å². The molecule has 1 fully saturated rings. The van der Waals surface area contributed by atoms with E-state index < -0.39 is 20.2 Å². The topological polar surface area (TPSA) is 73.3 Å². The van der Waals surface area contributed by atoms with E-state index in [0.717, 1.165) is 6.42 Å². The molecule has 1 aromatic heterocycles. The van der Waals surface area contributed by atoms with Crippen molar-refractivity contribution in [2.24, 2.45) is 5.92 Å². The van der Waals surface area contributed by atoms with Crippen molar-refractivity contribution in [1.82, 2.24) is 9.55 Å². The summed E-state index contributed by atoms with van der Waals surface area (Å²) in [5.74, 6) is 0.158. The number of rotatable bonds is 5. The Hall–Kier alpha value is -0.703. The summed E-state index contributed by atoms with van der Waals surface area (Å²) in [5.41, 5.74) is -0.340. The summed E-state index contributed by atoms with van der Waals surface area (Å²) >= 11 is 3.30. The lowest BCUT2D eigenvalue weighted by Gasteiger charge is -2.40. The number of aromatic amines is 1. The molecule has 0 bridgehead atoms. The van der Waals surface area contributed by atoms with Crippen LogP contribution in [0.1, 0.15) is 52.8 Å². The molecule has 0 amide bonds. The molecule has 1 saturated heterocycles. The smallest absolute Gasteiger partial charge is 0.330 e. The van der Waals surface area contributed by atoms with Gasteiger partial charge in [0.15, 0.2) is 14.5 Å². The average molecular weight is 447 g/mol. The minimum atomic E-state index is -2.06. The van der Waals surface area contributed by atoms with Crippen LogP contribution < -0.4 is 11.2 Å². The van der Waals surface area contributed by atoms with Crippen molar-refractivity contribution >= 4 is 24.2 Å². The van der Waals surface area contributed by atoms with Crippen molar-refractivity contribution in [2.75, 3.05) is 0 Å². The predicted molar refractivity (Wildman–Crippen MR) is 109 cm³/mol. The van der Waals surface area contributed by atoms with Crippen molar-refractivity contribution in [3.05, 3.63) is 32.6 Å². The minimum Gasteiger partial charge on any atom is -0.409 e. The fourth-order valence-corrected chi connectivity index (χ4v) is 4.80. The van der Waals surface area contributed by atoms with E-state index in [1.165, 1.54) is 4.57 Å². The first-order chi connectivity index (χ1) is 11.9. The summed E-state index contributed by atoms with van der Waals surface area (Å²) in [5, 5.41) is 0.425. The van der Waals surface area contributed by atoms with Crippen molar-refractivity contribution < 1.29 is 9.16 Å². The van der Waals surface area contributed by atoms with Crippen LogP contribution in [0.4, 0.5) is 0 Å². The van der Waals surface area contributed by atoms with Crippen molar-refractivity contribution in [1.29, 1.82) is 0 Å². The fraction of sp³-hybridized carbons (Fsp3) is 0.778. The molecule has 0 saturated carbocycles. The number of halogens is 1. The third kappa shape index (κ3) is 4.08. The van der Waals surface area contributed by atoms with E-state index in [-0.39, 0.29) is 28.7 Å². The Morgan fingerprint density at radius 1 is 1.35 bits per heavy atom. The molecule has 4 atom stereocenters. The first kappa shape index (κ1) is 21.6. The summed E-state index contributed by atoms with van der Waals surface area (Å²) < 4.78 is 14.4. The van der Waals surface area contributed by atoms with E-state index in [1.54, 1.807) is 6.20 Å². The summed E-state index contributed by atoms with van der Waals surface area (Å²) in [6.07, 6.45) is 1.69. The molecule has 0 radical (unpaired) electrons. The molecule has 6 nitrogen and oxygen atoms in total. The van der Waals surface area contributed by atoms with Gasteiger partial charge in [-0.15, -0.1) is 0 Å². The second-order valence-electron chi connectivity index (χ2n) is 8.63. The molecule has 26 heavy (non-hydrogen) atoms. The number of aromatic nitrogens is 2. The molecule has 1 aliphatic rings. The van der Waals surface area contributed by atoms with Crippen molar-refractivity contribution in [3.8, 4) is 0 Å². The maximum Gasteiger partial charge on any atom is 0.330 e. The van der Waals surface area contributed by atoms with Gasteiger partial charge in [0, 0.05) is 23.0 Å². The summed E-state index contributed by atoms with van der Waals surface area (Å²) in [4.78, 5) is 26.8. The third-order valence-corrected chi connectivity index (χ3v) is 10.9. The molecule has 148 valence electrons. The Morgan fingerprint density at radius 3 is 2.46 bits per heavy atom. The highest BCUT2D eigenvalue weighted by molar-refractivity contribution is 9.08. The van der Waals surface area contributed by atoms with Gasteiger partial charge in [0.1, 0.15) is 0 Å². The number of alkyl halides is 1. The van der Waals surface area contributed by atoms with Gasteiger partial charge in [-0.3, -0.25) is 14.3 Å². The molecule has 1 aromatic rings. The van der Waals surface area contributed by atoms with Crippen LogP contribution >= 0.6 is 15.9 Å². The van der Waals surface area contributed by atoms with E-state index in [9.17, 15) is 9.59 Å². The lowest BCUT2D eigenvalue weighted by molar-refractivity contribution is -0.0372. The Kier molecular flexibility index (Phi) is 6.42. The lowest BCUT2D eigenvalue weighted by Crippen LogP contribution is -2.48. The molecular weight excluding hydrogens is 416 g/mol. The van der Waals surface area contributed by atoms with Gasteiger partial charge in [0.25, 0.3) is 5.56 Å². The first-order valence-corrected chi connectivity index (χ1v) is 13.2. The number of nitrogens with zero attached hydrogens (tertiary/aromatic N) is 1. The van der Waals surface area contributed by atoms with Crippen molar-refractivity contribution in [3.63, 3.8) is 0 Å². The Labute approximate surface area is 164 Å². The molecule has 2 heterocycles. The largest absolute Gasteiger partial charge is 0.409 e. The summed E-state index contributed by atoms with van der Waals surface area (Å²) in [7, 11) is -2.06. The Balaban J connectivity index is 2.48. The molecule has 2 rings (SSSR count). The zero-order valence-corrected chi connectivity index (χ0v) is 19.3. The summed E-state index contributed by atoms with van der Waals surface area (Å²) in [6, 6.07) is 0. The van der Waals surface area contributed by atoms with Crippen LogP contribution in [0.2, 0.25) is 18.1 Å². The van der Waals surface area contributed by atoms with Crippen molar-refractivity contribution in [2.45, 2.75) is 82.9 Å². The van der Waals surface area contributed by atoms with Gasteiger partial charge in [0.2, 0.25) is 0 Å². The highest BCUT2D eigenvalue weighted by Gasteiger charge is 2.48. The van der Waals surface area contributed by atoms with E-state index >= 15 is 0 Å². The Bertz CT molecular complexity index is 753. The second kappa shape index (κ2) is 7.73. The molecule has 1 N–H and O–H groups in total. The van der Waals surface area contributed by atoms with Crippen LogP contribution in [-0.2, 0) is 14.5 Å². The standard InChI is InChI=1S/C18H31BrN2O4Si/c1-8-13-11(2)14(25-26(6,7)18(3,4)5)16(24-13)21-10-12(9-19)15(22)20-17(21)23/h10-11,13-14,16H,8-9H2,1-7H3,(H,20,22,23)/t11-,13+,14?,16+/m0/s1. The fourth-order valence-electron chi connectivity index (χ4n) is 3.04. The normalized spacial score (nSPS) is 27.1. The molecular formula is C18H31BrN2O4Si. The van der Waals surface area contributed by atoms with Gasteiger partial charge in [-0.1, -0.05) is 50.5 Å². The van der Waals surface area contributed by atoms with E-state index in [0.29, 0.717) is 10.9 Å². The SMILES string of the molecule is CC[C@H]1O[C@@H](n2cc(CBr)c(=O)[nH]c2=O)C(O[Si](C)(C)C(C)(C)C)[C@H]1C. The zero-order chi connectivity index (χ0) is 19.9. The van der Waals surface area contributed by atoms with E-state index in [4.69, 9.17) is 9.16 Å². The van der Waals surface area contributed by atoms with E-state index in [2.05, 4.69) is 68.6 Å². The number of nitrogens with one attached hydrogen (secondary N) is 1. The van der Waals surface area contributed by atoms with Crippen LogP contribution in [0.15, 0.2) is 15.8 Å². The minimum absolute atomic E-state index is 0.0148. The molecule has 0 aliphatic carbocycles. The van der Waals surface area contributed by atoms with Gasteiger partial charge in [-0.2, -0.15) is 0 Å². The molecule has 0 spiro atoms. The third-order valence-electron chi connectivity index (χ3n) is 5.80. The Morgan fingerprint density at radius 2 is 1.96 bits per heavy atom. The highest BCUT2D eigenvalue weighted by atomic mass is 79.9. The highest BCUT2D eigenvalue weighted by Crippen LogP contribution is 2.43. The van der Waals surface area contributed by atoms with E-state index in [1.807, 2.05) is 0 Å². The maximum absolute atomic E-state index is 12.5. The molecule has 8 heteroatoms. The van der Waals surface area contributed by atoms with Crippen LogP contribution in [0.5, 0.6) is 0 Å². The monoisotopic (exact) mass is 446 g/mol. The lowest BCUT2D eigenvalue weighted by atomic mass is 9.99. The number of H-pyrrole nitrogens is 1. The second-order valence-corrected chi connectivity index (χ2v) is 13.9. The number of ether oxygens (including phenoxy) is 1. The quantitative estimate of drug-likeness (QED) is 0.551.